The van der Waals surface area contributed by atoms with Crippen molar-refractivity contribution in [3.63, 3.8) is 0 Å². The van der Waals surface area contributed by atoms with Crippen molar-refractivity contribution in [2.75, 3.05) is 11.5 Å². The SMILES string of the molecule is CC(C)CCSc1cccc(C(N)=O)c1N. The van der Waals surface area contributed by atoms with Crippen LogP contribution in [-0.2, 0) is 0 Å². The summed E-state index contributed by atoms with van der Waals surface area (Å²) in [5, 5.41) is 0. The van der Waals surface area contributed by atoms with Crippen LogP contribution in [0.1, 0.15) is 30.6 Å². The van der Waals surface area contributed by atoms with E-state index in [2.05, 4.69) is 13.8 Å². The van der Waals surface area contributed by atoms with Gasteiger partial charge in [-0.1, -0.05) is 19.9 Å². The molecule has 0 saturated carbocycles. The number of benzene rings is 1. The van der Waals surface area contributed by atoms with Gasteiger partial charge >= 0.3 is 0 Å². The molecule has 88 valence electrons. The normalized spacial score (nSPS) is 10.7. The minimum atomic E-state index is -0.469. The summed E-state index contributed by atoms with van der Waals surface area (Å²) < 4.78 is 0. The van der Waals surface area contributed by atoms with Crippen LogP contribution in [-0.4, -0.2) is 11.7 Å². The van der Waals surface area contributed by atoms with Crippen molar-refractivity contribution in [3.8, 4) is 0 Å². The molecule has 4 N–H and O–H groups in total. The Labute approximate surface area is 101 Å². The Morgan fingerprint density at radius 1 is 1.44 bits per heavy atom. The fourth-order valence-corrected chi connectivity index (χ4v) is 2.54. The molecule has 0 bridgehead atoms. The predicted octanol–water partition coefficient (Wildman–Crippen LogP) is 2.51. The summed E-state index contributed by atoms with van der Waals surface area (Å²) >= 11 is 1.67. The lowest BCUT2D eigenvalue weighted by molar-refractivity contribution is 0.100. The molecule has 0 unspecified atom stereocenters. The lowest BCUT2D eigenvalue weighted by atomic mass is 10.2. The van der Waals surface area contributed by atoms with Crippen molar-refractivity contribution in [2.24, 2.45) is 11.7 Å². The molecule has 4 heteroatoms. The molecule has 0 aromatic heterocycles. The molecule has 0 fully saturated rings. The summed E-state index contributed by atoms with van der Waals surface area (Å²) in [5.74, 6) is 1.21. The zero-order valence-electron chi connectivity index (χ0n) is 9.69. The first-order chi connectivity index (χ1) is 7.52. The quantitative estimate of drug-likeness (QED) is 0.611. The van der Waals surface area contributed by atoms with Crippen molar-refractivity contribution in [3.05, 3.63) is 23.8 Å². The third-order valence-electron chi connectivity index (χ3n) is 2.28. The highest BCUT2D eigenvalue weighted by Gasteiger charge is 2.09. The number of anilines is 1. The first-order valence-electron chi connectivity index (χ1n) is 5.33. The van der Waals surface area contributed by atoms with Crippen LogP contribution in [0.2, 0.25) is 0 Å². The molecule has 0 saturated heterocycles. The van der Waals surface area contributed by atoms with E-state index in [9.17, 15) is 4.79 Å². The van der Waals surface area contributed by atoms with E-state index in [-0.39, 0.29) is 0 Å². The summed E-state index contributed by atoms with van der Waals surface area (Å²) in [4.78, 5) is 12.0. The van der Waals surface area contributed by atoms with Crippen LogP contribution in [0.15, 0.2) is 23.1 Å². The number of nitrogen functional groups attached to an aromatic ring is 1. The number of nitrogens with two attached hydrogens (primary N) is 2. The Hall–Kier alpha value is -1.16. The molecule has 1 aromatic rings. The number of carbonyl (C=O) groups excluding carboxylic acids is 1. The molecule has 1 amide bonds. The Balaban J connectivity index is 2.73. The van der Waals surface area contributed by atoms with Gasteiger partial charge in [-0.3, -0.25) is 4.79 Å². The van der Waals surface area contributed by atoms with Crippen molar-refractivity contribution in [2.45, 2.75) is 25.2 Å². The van der Waals surface area contributed by atoms with Gasteiger partial charge in [0.05, 0.1) is 11.3 Å². The van der Waals surface area contributed by atoms with Crippen molar-refractivity contribution in [1.82, 2.24) is 0 Å². The molecule has 1 rings (SSSR count). The van der Waals surface area contributed by atoms with Crippen molar-refractivity contribution >= 4 is 23.4 Å². The number of hydrogen-bond acceptors (Lipinski definition) is 3. The van der Waals surface area contributed by atoms with Crippen LogP contribution in [0, 0.1) is 5.92 Å². The van der Waals surface area contributed by atoms with Gasteiger partial charge in [0.15, 0.2) is 0 Å². The maximum atomic E-state index is 11.1. The molecule has 0 heterocycles. The second-order valence-corrected chi connectivity index (χ2v) is 5.25. The number of carbonyl (C=O) groups is 1. The number of primary amides is 1. The topological polar surface area (TPSA) is 69.1 Å². The van der Waals surface area contributed by atoms with Gasteiger partial charge in [0.25, 0.3) is 5.91 Å². The van der Waals surface area contributed by atoms with E-state index >= 15 is 0 Å². The Morgan fingerprint density at radius 2 is 2.12 bits per heavy atom. The van der Waals surface area contributed by atoms with Gasteiger partial charge in [-0.2, -0.15) is 0 Å². The monoisotopic (exact) mass is 238 g/mol. The maximum absolute atomic E-state index is 11.1. The minimum Gasteiger partial charge on any atom is -0.397 e. The predicted molar refractivity (Wildman–Crippen MR) is 69.6 cm³/mol. The van der Waals surface area contributed by atoms with Crippen LogP contribution < -0.4 is 11.5 Å². The van der Waals surface area contributed by atoms with Crippen molar-refractivity contribution in [1.29, 1.82) is 0 Å². The highest BCUT2D eigenvalue weighted by molar-refractivity contribution is 7.99. The van der Waals surface area contributed by atoms with Gasteiger partial charge in [0.1, 0.15) is 0 Å². The summed E-state index contributed by atoms with van der Waals surface area (Å²) in [7, 11) is 0. The fraction of sp³-hybridized carbons (Fsp3) is 0.417. The summed E-state index contributed by atoms with van der Waals surface area (Å²) in [6.45, 7) is 4.37. The first kappa shape index (κ1) is 12.9. The average Bonchev–Trinajstić information content (AvgIpc) is 2.19. The fourth-order valence-electron chi connectivity index (χ4n) is 1.29. The van der Waals surface area contributed by atoms with Gasteiger partial charge in [0.2, 0.25) is 0 Å². The third kappa shape index (κ3) is 3.45. The molecule has 0 aliphatic carbocycles. The van der Waals surface area contributed by atoms with Crippen LogP contribution in [0.4, 0.5) is 5.69 Å². The Kier molecular flexibility index (Phi) is 4.68. The van der Waals surface area contributed by atoms with Gasteiger partial charge in [0, 0.05) is 4.90 Å². The van der Waals surface area contributed by atoms with E-state index in [1.54, 1.807) is 17.8 Å². The standard InChI is InChI=1S/C12H18N2OS/c1-8(2)6-7-16-10-5-3-4-9(11(10)13)12(14)15/h3-5,8H,6-7,13H2,1-2H3,(H2,14,15). The average molecular weight is 238 g/mol. The molecule has 0 radical (unpaired) electrons. The zero-order chi connectivity index (χ0) is 12.1. The van der Waals surface area contributed by atoms with Crippen molar-refractivity contribution < 1.29 is 4.79 Å². The van der Waals surface area contributed by atoms with Crippen LogP contribution >= 0.6 is 11.8 Å². The number of hydrogen-bond donors (Lipinski definition) is 2. The molecule has 1 aromatic carbocycles. The highest BCUT2D eigenvalue weighted by atomic mass is 32.2. The molecular formula is C12H18N2OS. The first-order valence-corrected chi connectivity index (χ1v) is 6.32. The van der Waals surface area contributed by atoms with Crippen LogP contribution in [0.3, 0.4) is 0 Å². The van der Waals surface area contributed by atoms with Gasteiger partial charge in [-0.25, -0.2) is 0 Å². The van der Waals surface area contributed by atoms with Gasteiger partial charge in [-0.05, 0) is 30.2 Å². The molecular weight excluding hydrogens is 220 g/mol. The van der Waals surface area contributed by atoms with Crippen LogP contribution in [0.25, 0.3) is 0 Å². The molecule has 3 nitrogen and oxygen atoms in total. The summed E-state index contributed by atoms with van der Waals surface area (Å²) in [6, 6.07) is 5.39. The van der Waals surface area contributed by atoms with E-state index < -0.39 is 5.91 Å². The Bertz CT molecular complexity index is 377. The second kappa shape index (κ2) is 5.80. The number of amides is 1. The van der Waals surface area contributed by atoms with E-state index in [1.165, 1.54) is 0 Å². The van der Waals surface area contributed by atoms with Gasteiger partial charge < -0.3 is 11.5 Å². The van der Waals surface area contributed by atoms with Crippen LogP contribution in [0.5, 0.6) is 0 Å². The Morgan fingerprint density at radius 3 is 2.69 bits per heavy atom. The maximum Gasteiger partial charge on any atom is 0.250 e. The van der Waals surface area contributed by atoms with Gasteiger partial charge in [-0.15, -0.1) is 11.8 Å². The molecule has 0 atom stereocenters. The smallest absolute Gasteiger partial charge is 0.250 e. The summed E-state index contributed by atoms with van der Waals surface area (Å²) in [6.07, 6.45) is 1.13. The number of para-hydroxylation sites is 1. The third-order valence-corrected chi connectivity index (χ3v) is 3.39. The molecule has 0 aliphatic rings. The molecule has 16 heavy (non-hydrogen) atoms. The van der Waals surface area contributed by atoms with E-state index in [1.807, 2.05) is 12.1 Å². The lowest BCUT2D eigenvalue weighted by Gasteiger charge is -2.09. The lowest BCUT2D eigenvalue weighted by Crippen LogP contribution is -2.13. The minimum absolute atomic E-state index is 0.412. The number of rotatable bonds is 5. The second-order valence-electron chi connectivity index (χ2n) is 4.11. The molecule has 0 aliphatic heterocycles. The molecule has 0 spiro atoms. The van der Waals surface area contributed by atoms with E-state index in [0.29, 0.717) is 17.2 Å². The van der Waals surface area contributed by atoms with E-state index in [0.717, 1.165) is 17.1 Å². The number of thioether (sulfide) groups is 1. The zero-order valence-corrected chi connectivity index (χ0v) is 10.5. The largest absolute Gasteiger partial charge is 0.397 e. The highest BCUT2D eigenvalue weighted by Crippen LogP contribution is 2.28. The van der Waals surface area contributed by atoms with E-state index in [4.69, 9.17) is 11.5 Å². The summed E-state index contributed by atoms with van der Waals surface area (Å²) in [5.41, 5.74) is 12.0.